The molecule has 1 aliphatic rings. The first-order chi connectivity index (χ1) is 8.11. The van der Waals surface area contributed by atoms with Crippen LogP contribution in [0.25, 0.3) is 0 Å². The molecule has 4 heteroatoms. The maximum atomic E-state index is 10.8. The number of ether oxygens (including phenoxy) is 1. The fourth-order valence-corrected chi connectivity index (χ4v) is 2.06. The van der Waals surface area contributed by atoms with E-state index in [4.69, 9.17) is 9.84 Å². The minimum atomic E-state index is -0.672. The molecule has 1 fully saturated rings. The van der Waals surface area contributed by atoms with Crippen LogP contribution in [0.15, 0.2) is 24.3 Å². The molecule has 0 saturated heterocycles. The van der Waals surface area contributed by atoms with E-state index in [0.717, 1.165) is 24.4 Å². The normalized spacial score (nSPS) is 22.0. The summed E-state index contributed by atoms with van der Waals surface area (Å²) in [4.78, 5) is 12.8. The zero-order valence-electron chi connectivity index (χ0n) is 10.1. The van der Waals surface area contributed by atoms with Gasteiger partial charge in [-0.1, -0.05) is 6.07 Å². The number of anilines is 1. The molecule has 2 unspecified atom stereocenters. The highest BCUT2D eigenvalue weighted by molar-refractivity contribution is 5.73. The van der Waals surface area contributed by atoms with E-state index < -0.39 is 5.97 Å². The molecule has 17 heavy (non-hydrogen) atoms. The van der Waals surface area contributed by atoms with Crippen LogP contribution in [0, 0.1) is 11.8 Å². The van der Waals surface area contributed by atoms with Gasteiger partial charge in [-0.2, -0.15) is 0 Å². The van der Waals surface area contributed by atoms with Crippen LogP contribution in [0.3, 0.4) is 0 Å². The zero-order chi connectivity index (χ0) is 12.4. The quantitative estimate of drug-likeness (QED) is 0.846. The summed E-state index contributed by atoms with van der Waals surface area (Å²) >= 11 is 0. The first kappa shape index (κ1) is 11.8. The van der Waals surface area contributed by atoms with Crippen LogP contribution >= 0.6 is 0 Å². The van der Waals surface area contributed by atoms with E-state index >= 15 is 0 Å². The number of rotatable bonds is 5. The molecule has 0 aromatic heterocycles. The third-order valence-corrected chi connectivity index (χ3v) is 3.24. The molecule has 1 aromatic rings. The topological polar surface area (TPSA) is 49.8 Å². The first-order valence-corrected chi connectivity index (χ1v) is 5.70. The summed E-state index contributed by atoms with van der Waals surface area (Å²) in [6, 6.07) is 7.79. The van der Waals surface area contributed by atoms with Gasteiger partial charge in [0.05, 0.1) is 13.0 Å². The second kappa shape index (κ2) is 4.65. The van der Waals surface area contributed by atoms with Gasteiger partial charge in [0.15, 0.2) is 0 Å². The van der Waals surface area contributed by atoms with Crippen molar-refractivity contribution in [3.63, 3.8) is 0 Å². The van der Waals surface area contributed by atoms with Crippen LogP contribution in [0.2, 0.25) is 0 Å². The summed E-state index contributed by atoms with van der Waals surface area (Å²) in [6.45, 7) is 0.782. The van der Waals surface area contributed by atoms with Crippen LogP contribution in [-0.2, 0) is 4.79 Å². The molecule has 0 amide bonds. The van der Waals surface area contributed by atoms with Gasteiger partial charge in [-0.25, -0.2) is 0 Å². The third kappa shape index (κ3) is 2.70. The molecule has 0 aliphatic heterocycles. The summed E-state index contributed by atoms with van der Waals surface area (Å²) in [5.74, 6) is 0.278. The minimum absolute atomic E-state index is 0.150. The Morgan fingerprint density at radius 3 is 2.94 bits per heavy atom. The largest absolute Gasteiger partial charge is 0.497 e. The van der Waals surface area contributed by atoms with Crippen molar-refractivity contribution >= 4 is 11.7 Å². The lowest BCUT2D eigenvalue weighted by Crippen LogP contribution is -2.21. The average Bonchev–Trinajstić information content (AvgIpc) is 3.08. The van der Waals surface area contributed by atoms with Gasteiger partial charge in [-0.3, -0.25) is 4.79 Å². The summed E-state index contributed by atoms with van der Waals surface area (Å²) in [5, 5.41) is 8.85. The lowest BCUT2D eigenvalue weighted by molar-refractivity contribution is -0.138. The fourth-order valence-electron chi connectivity index (χ4n) is 2.06. The molecule has 2 rings (SSSR count). The maximum Gasteiger partial charge on any atom is 0.306 e. The van der Waals surface area contributed by atoms with Crippen molar-refractivity contribution in [1.29, 1.82) is 0 Å². The van der Waals surface area contributed by atoms with E-state index in [2.05, 4.69) is 4.90 Å². The molecule has 1 N–H and O–H groups in total. The number of carbonyl (C=O) groups is 1. The summed E-state index contributed by atoms with van der Waals surface area (Å²) < 4.78 is 5.16. The van der Waals surface area contributed by atoms with E-state index in [0.29, 0.717) is 0 Å². The van der Waals surface area contributed by atoms with Crippen LogP contribution in [0.1, 0.15) is 6.42 Å². The molecule has 0 bridgehead atoms. The van der Waals surface area contributed by atoms with Crippen LogP contribution in [0.4, 0.5) is 5.69 Å². The molecule has 2 atom stereocenters. The predicted molar refractivity (Wildman–Crippen MR) is 65.5 cm³/mol. The number of carboxylic acid groups (broad SMARTS) is 1. The van der Waals surface area contributed by atoms with E-state index in [-0.39, 0.29) is 11.8 Å². The lowest BCUT2D eigenvalue weighted by atomic mass is 10.2. The Kier molecular flexibility index (Phi) is 3.22. The van der Waals surface area contributed by atoms with Crippen molar-refractivity contribution in [2.24, 2.45) is 11.8 Å². The molecule has 0 heterocycles. The second-order valence-electron chi connectivity index (χ2n) is 4.52. The number of hydrogen-bond donors (Lipinski definition) is 1. The van der Waals surface area contributed by atoms with Crippen molar-refractivity contribution in [3.8, 4) is 5.75 Å². The van der Waals surface area contributed by atoms with Crippen LogP contribution < -0.4 is 9.64 Å². The van der Waals surface area contributed by atoms with Crippen molar-refractivity contribution in [3.05, 3.63) is 24.3 Å². The number of nitrogens with zero attached hydrogens (tertiary/aromatic N) is 1. The van der Waals surface area contributed by atoms with Crippen LogP contribution in [-0.4, -0.2) is 31.8 Å². The summed E-state index contributed by atoms with van der Waals surface area (Å²) in [5.41, 5.74) is 1.06. The molecule has 0 spiro atoms. The Hall–Kier alpha value is -1.71. The van der Waals surface area contributed by atoms with Gasteiger partial charge < -0.3 is 14.7 Å². The predicted octanol–water partition coefficient (Wildman–Crippen LogP) is 1.85. The Labute approximate surface area is 101 Å². The highest BCUT2D eigenvalue weighted by Gasteiger charge is 2.43. The van der Waals surface area contributed by atoms with Gasteiger partial charge in [0.1, 0.15) is 5.75 Å². The highest BCUT2D eigenvalue weighted by atomic mass is 16.5. The Morgan fingerprint density at radius 2 is 2.35 bits per heavy atom. The van der Waals surface area contributed by atoms with Crippen molar-refractivity contribution in [2.75, 3.05) is 25.6 Å². The van der Waals surface area contributed by atoms with Crippen LogP contribution in [0.5, 0.6) is 5.75 Å². The van der Waals surface area contributed by atoms with E-state index in [9.17, 15) is 4.79 Å². The fraction of sp³-hybridized carbons (Fsp3) is 0.462. The second-order valence-corrected chi connectivity index (χ2v) is 4.52. The van der Waals surface area contributed by atoms with E-state index in [1.807, 2.05) is 31.3 Å². The van der Waals surface area contributed by atoms with Gasteiger partial charge in [0, 0.05) is 25.3 Å². The number of carboxylic acids is 1. The number of hydrogen-bond acceptors (Lipinski definition) is 3. The molecule has 1 saturated carbocycles. The third-order valence-electron chi connectivity index (χ3n) is 3.24. The number of benzene rings is 1. The monoisotopic (exact) mass is 235 g/mol. The summed E-state index contributed by atoms with van der Waals surface area (Å²) in [7, 11) is 3.62. The number of aliphatic carboxylic acids is 1. The SMILES string of the molecule is COc1cccc(N(C)CC2CC2C(=O)O)c1. The van der Waals surface area contributed by atoms with E-state index in [1.165, 1.54) is 0 Å². The minimum Gasteiger partial charge on any atom is -0.497 e. The van der Waals surface area contributed by atoms with Crippen molar-refractivity contribution in [2.45, 2.75) is 6.42 Å². The Bertz CT molecular complexity index is 419. The molecule has 0 radical (unpaired) electrons. The molecule has 92 valence electrons. The standard InChI is InChI=1S/C13H17NO3/c1-14(8-9-6-12(9)13(15)16)10-4-3-5-11(7-10)17-2/h3-5,7,9,12H,6,8H2,1-2H3,(H,15,16). The number of methoxy groups -OCH3 is 1. The first-order valence-electron chi connectivity index (χ1n) is 5.70. The van der Waals surface area contributed by atoms with Gasteiger partial charge >= 0.3 is 5.97 Å². The Balaban J connectivity index is 1.96. The Morgan fingerprint density at radius 1 is 1.59 bits per heavy atom. The van der Waals surface area contributed by atoms with Gasteiger partial charge in [0.2, 0.25) is 0 Å². The molecular weight excluding hydrogens is 218 g/mol. The van der Waals surface area contributed by atoms with Gasteiger partial charge in [0.25, 0.3) is 0 Å². The molecule has 1 aliphatic carbocycles. The molecular formula is C13H17NO3. The summed E-state index contributed by atoms with van der Waals surface area (Å²) in [6.07, 6.45) is 0.795. The van der Waals surface area contributed by atoms with Crippen molar-refractivity contribution < 1.29 is 14.6 Å². The van der Waals surface area contributed by atoms with E-state index in [1.54, 1.807) is 7.11 Å². The van der Waals surface area contributed by atoms with Gasteiger partial charge in [-0.15, -0.1) is 0 Å². The highest BCUT2D eigenvalue weighted by Crippen LogP contribution is 2.39. The zero-order valence-corrected chi connectivity index (χ0v) is 10.1. The maximum absolute atomic E-state index is 10.8. The average molecular weight is 235 g/mol. The molecule has 4 nitrogen and oxygen atoms in total. The lowest BCUT2D eigenvalue weighted by Gasteiger charge is -2.19. The smallest absolute Gasteiger partial charge is 0.306 e. The van der Waals surface area contributed by atoms with Gasteiger partial charge in [-0.05, 0) is 24.5 Å². The van der Waals surface area contributed by atoms with Crippen molar-refractivity contribution in [1.82, 2.24) is 0 Å². The molecule has 1 aromatic carbocycles.